The summed E-state index contributed by atoms with van der Waals surface area (Å²) in [5.41, 5.74) is 6.82. The van der Waals surface area contributed by atoms with Gasteiger partial charge in [-0.15, -0.1) is 0 Å². The quantitative estimate of drug-likeness (QED) is 0.0570. The molecule has 91 heavy (non-hydrogen) atoms. The van der Waals surface area contributed by atoms with Gasteiger partial charge in [-0.3, -0.25) is 0 Å². The van der Waals surface area contributed by atoms with Crippen LogP contribution < -0.4 is 0 Å². The summed E-state index contributed by atoms with van der Waals surface area (Å²) >= 11 is 0. The Morgan fingerprint density at radius 2 is 0.253 bits per heavy atom. The Hall–Kier alpha value is -0.780. The summed E-state index contributed by atoms with van der Waals surface area (Å²) in [4.78, 5) is 0. The summed E-state index contributed by atoms with van der Waals surface area (Å²) in [5, 5.41) is 0. The van der Waals surface area contributed by atoms with E-state index in [-0.39, 0.29) is 0 Å². The van der Waals surface area contributed by atoms with Gasteiger partial charge in [0.25, 0.3) is 0 Å². The summed E-state index contributed by atoms with van der Waals surface area (Å²) in [6, 6.07) is 5.25. The SMILES string of the molecule is CCCCCCCCCCCCCCCCCCCCCCCCCCCCc1cc(C)cc(CCCCCCCCCCCCCCCCCCCCCCCCCCCC)c1CCCCCCCCCCCCCCCCCCCCCCCCCCCC. The molecule has 0 spiro atoms. The first-order chi connectivity index (χ1) is 45.2. The Morgan fingerprint density at radius 3 is 0.385 bits per heavy atom. The first kappa shape index (κ1) is 88.2. The minimum Gasteiger partial charge on any atom is -0.0654 e. The van der Waals surface area contributed by atoms with Crippen LogP contribution in [0.4, 0.5) is 0 Å². The predicted molar refractivity (Wildman–Crippen MR) is 419 cm³/mol. The smallest absolute Gasteiger partial charge is 0.0273 e. The van der Waals surface area contributed by atoms with Gasteiger partial charge >= 0.3 is 0 Å². The van der Waals surface area contributed by atoms with Crippen molar-refractivity contribution in [3.63, 3.8) is 0 Å². The van der Waals surface area contributed by atoms with Crippen molar-refractivity contribution in [1.29, 1.82) is 0 Å². The number of benzene rings is 1. The van der Waals surface area contributed by atoms with E-state index in [4.69, 9.17) is 0 Å². The summed E-state index contributed by atoms with van der Waals surface area (Å²) in [7, 11) is 0. The van der Waals surface area contributed by atoms with Crippen LogP contribution in [0.25, 0.3) is 0 Å². The standard InChI is InChI=1S/C91H176/c1-5-8-11-14-17-20-23-26-29-32-35-38-41-44-47-50-53-56-59-62-65-68-71-74-77-80-83-89-86-88(4)87-90(84-81-78-75-72-69-66-63-60-57-54-51-48-45-42-39-36-33-30-27-24-21-18-15-12-9-6-2)91(89)85-82-79-76-73-70-67-64-61-58-55-52-49-46-43-40-37-34-31-28-25-22-19-16-13-10-7-3/h86-87H,5-85H2,1-4H3. The first-order valence-electron chi connectivity index (χ1n) is 44.3. The minimum absolute atomic E-state index is 1.32. The molecule has 0 heterocycles. The minimum atomic E-state index is 1.32. The molecule has 1 rings (SSSR count). The van der Waals surface area contributed by atoms with E-state index in [0.717, 1.165) is 0 Å². The fourth-order valence-electron chi connectivity index (χ4n) is 15.6. The van der Waals surface area contributed by atoms with E-state index in [1.807, 2.05) is 0 Å². The van der Waals surface area contributed by atoms with Crippen molar-refractivity contribution in [3.05, 3.63) is 34.4 Å². The summed E-state index contributed by atoms with van der Waals surface area (Å²) < 4.78 is 0. The van der Waals surface area contributed by atoms with Crippen molar-refractivity contribution >= 4 is 0 Å². The molecule has 0 N–H and O–H groups in total. The Kier molecular flexibility index (Phi) is 75.8. The molecule has 0 nitrogen and oxygen atoms in total. The second-order valence-corrected chi connectivity index (χ2v) is 31.3. The zero-order valence-corrected chi connectivity index (χ0v) is 64.4. The van der Waals surface area contributed by atoms with Crippen LogP contribution in [-0.2, 0) is 19.3 Å². The van der Waals surface area contributed by atoms with E-state index in [1.54, 1.807) is 16.7 Å². The molecular weight excluding hydrogens is 1090 g/mol. The number of hydrogen-bond donors (Lipinski definition) is 0. The molecule has 0 heteroatoms. The van der Waals surface area contributed by atoms with Crippen LogP contribution >= 0.6 is 0 Å². The van der Waals surface area contributed by atoms with Crippen molar-refractivity contribution in [2.75, 3.05) is 0 Å². The van der Waals surface area contributed by atoms with Crippen LogP contribution in [-0.4, -0.2) is 0 Å². The predicted octanol–water partition coefficient (Wildman–Crippen LogP) is 34.1. The maximum absolute atomic E-state index is 2.63. The fraction of sp³-hybridized carbons (Fsp3) is 0.934. The van der Waals surface area contributed by atoms with Gasteiger partial charge in [0.2, 0.25) is 0 Å². The molecule has 1 aromatic rings. The molecule has 540 valence electrons. The fourth-order valence-corrected chi connectivity index (χ4v) is 15.6. The highest BCUT2D eigenvalue weighted by atomic mass is 14.2. The number of rotatable bonds is 81. The maximum Gasteiger partial charge on any atom is -0.0273 e. The van der Waals surface area contributed by atoms with E-state index >= 15 is 0 Å². The third kappa shape index (κ3) is 68.9. The second-order valence-electron chi connectivity index (χ2n) is 31.3. The van der Waals surface area contributed by atoms with Crippen LogP contribution in [0.5, 0.6) is 0 Å². The molecule has 0 aliphatic heterocycles. The molecule has 0 aliphatic carbocycles. The van der Waals surface area contributed by atoms with Gasteiger partial charge in [-0.05, 0) is 62.1 Å². The molecule has 0 saturated carbocycles. The van der Waals surface area contributed by atoms with Gasteiger partial charge in [0.1, 0.15) is 0 Å². The van der Waals surface area contributed by atoms with Gasteiger partial charge in [-0.2, -0.15) is 0 Å². The monoisotopic (exact) mass is 1270 g/mol. The third-order valence-electron chi connectivity index (χ3n) is 22.0. The summed E-state index contributed by atoms with van der Waals surface area (Å²) in [6.07, 6.45) is 119. The molecular formula is C91H176. The molecule has 0 radical (unpaired) electrons. The van der Waals surface area contributed by atoms with Crippen molar-refractivity contribution in [2.45, 2.75) is 548 Å². The number of hydrogen-bond acceptors (Lipinski definition) is 0. The van der Waals surface area contributed by atoms with Crippen LogP contribution in [0.3, 0.4) is 0 Å². The van der Waals surface area contributed by atoms with Gasteiger partial charge < -0.3 is 0 Å². The first-order valence-corrected chi connectivity index (χ1v) is 44.3. The van der Waals surface area contributed by atoms with Gasteiger partial charge in [0.05, 0.1) is 0 Å². The Balaban J connectivity index is 2.26. The molecule has 1 aromatic carbocycles. The number of aryl methyl sites for hydroxylation is 3. The van der Waals surface area contributed by atoms with Crippen molar-refractivity contribution < 1.29 is 0 Å². The molecule has 0 unspecified atom stereocenters. The highest BCUT2D eigenvalue weighted by molar-refractivity contribution is 5.39. The normalized spacial score (nSPS) is 11.8. The van der Waals surface area contributed by atoms with E-state index in [1.165, 1.54) is 526 Å². The molecule has 0 bridgehead atoms. The lowest BCUT2D eigenvalue weighted by atomic mass is 9.88. The summed E-state index contributed by atoms with van der Waals surface area (Å²) in [6.45, 7) is 9.37. The average Bonchev–Trinajstić information content (AvgIpc) is 3.54. The largest absolute Gasteiger partial charge is 0.0654 e. The van der Waals surface area contributed by atoms with Crippen molar-refractivity contribution in [1.82, 2.24) is 0 Å². The molecule has 0 atom stereocenters. The zero-order chi connectivity index (χ0) is 65.0. The molecule has 0 saturated heterocycles. The molecule has 0 aromatic heterocycles. The van der Waals surface area contributed by atoms with Gasteiger partial charge in [0, 0.05) is 0 Å². The summed E-state index contributed by atoms with van der Waals surface area (Å²) in [5.74, 6) is 0. The lowest BCUT2D eigenvalue weighted by Gasteiger charge is -2.17. The lowest BCUT2D eigenvalue weighted by Crippen LogP contribution is -2.03. The lowest BCUT2D eigenvalue weighted by molar-refractivity contribution is 0.515. The van der Waals surface area contributed by atoms with Gasteiger partial charge in [-0.1, -0.05) is 520 Å². The van der Waals surface area contributed by atoms with Crippen LogP contribution in [0.2, 0.25) is 0 Å². The maximum atomic E-state index is 2.63. The zero-order valence-electron chi connectivity index (χ0n) is 64.4. The molecule has 0 aliphatic rings. The van der Waals surface area contributed by atoms with E-state index in [0.29, 0.717) is 0 Å². The van der Waals surface area contributed by atoms with Crippen LogP contribution in [0.15, 0.2) is 12.1 Å². The molecule has 0 amide bonds. The Morgan fingerprint density at radius 1 is 0.143 bits per heavy atom. The average molecular weight is 1270 g/mol. The number of unbranched alkanes of at least 4 members (excludes halogenated alkanes) is 75. The van der Waals surface area contributed by atoms with Crippen LogP contribution in [0, 0.1) is 6.92 Å². The highest BCUT2D eigenvalue weighted by Gasteiger charge is 2.12. The van der Waals surface area contributed by atoms with Crippen molar-refractivity contribution in [2.24, 2.45) is 0 Å². The van der Waals surface area contributed by atoms with Gasteiger partial charge in [-0.25, -0.2) is 0 Å². The molecule has 0 fully saturated rings. The van der Waals surface area contributed by atoms with E-state index in [9.17, 15) is 0 Å². The van der Waals surface area contributed by atoms with E-state index < -0.39 is 0 Å². The topological polar surface area (TPSA) is 0 Å². The Bertz CT molecular complexity index is 1370. The highest BCUT2D eigenvalue weighted by Crippen LogP contribution is 2.27. The second kappa shape index (κ2) is 78.2. The third-order valence-corrected chi connectivity index (χ3v) is 22.0. The Labute approximate surface area is 578 Å². The van der Waals surface area contributed by atoms with Gasteiger partial charge in [0.15, 0.2) is 0 Å². The van der Waals surface area contributed by atoms with Crippen molar-refractivity contribution in [3.8, 4) is 0 Å². The van der Waals surface area contributed by atoms with E-state index in [2.05, 4.69) is 39.8 Å². The van der Waals surface area contributed by atoms with Crippen LogP contribution in [0.1, 0.15) is 544 Å².